The van der Waals surface area contributed by atoms with Crippen molar-refractivity contribution in [1.82, 2.24) is 14.5 Å². The SMILES string of the molecule is Cc1nn(C2CCCC2)cc1S(=O)(=O)NC1CCCC1. The summed E-state index contributed by atoms with van der Waals surface area (Å²) in [7, 11) is -3.42. The highest BCUT2D eigenvalue weighted by Gasteiger charge is 2.27. The quantitative estimate of drug-likeness (QED) is 0.929. The van der Waals surface area contributed by atoms with Crippen LogP contribution in [0.15, 0.2) is 11.1 Å². The highest BCUT2D eigenvalue weighted by Crippen LogP contribution is 2.30. The van der Waals surface area contributed by atoms with Crippen LogP contribution in [0.5, 0.6) is 0 Å². The molecule has 0 amide bonds. The molecule has 0 atom stereocenters. The van der Waals surface area contributed by atoms with Gasteiger partial charge in [0, 0.05) is 12.2 Å². The van der Waals surface area contributed by atoms with Crippen LogP contribution in [0.2, 0.25) is 0 Å². The number of nitrogens with zero attached hydrogens (tertiary/aromatic N) is 2. The molecule has 112 valence electrons. The largest absolute Gasteiger partial charge is 0.268 e. The first-order valence-corrected chi connectivity index (χ1v) is 9.13. The van der Waals surface area contributed by atoms with E-state index in [4.69, 9.17) is 0 Å². The van der Waals surface area contributed by atoms with E-state index in [1.807, 2.05) is 4.68 Å². The second kappa shape index (κ2) is 5.48. The molecule has 20 heavy (non-hydrogen) atoms. The minimum absolute atomic E-state index is 0.106. The molecule has 0 unspecified atom stereocenters. The van der Waals surface area contributed by atoms with Crippen molar-refractivity contribution in [3.05, 3.63) is 11.9 Å². The second-order valence-electron chi connectivity index (χ2n) is 6.10. The van der Waals surface area contributed by atoms with E-state index >= 15 is 0 Å². The van der Waals surface area contributed by atoms with Gasteiger partial charge in [0.15, 0.2) is 0 Å². The third-order valence-electron chi connectivity index (χ3n) is 4.54. The molecule has 1 heterocycles. The smallest absolute Gasteiger partial charge is 0.244 e. The van der Waals surface area contributed by atoms with Gasteiger partial charge in [0.2, 0.25) is 10.0 Å². The van der Waals surface area contributed by atoms with Gasteiger partial charge in [-0.05, 0) is 32.6 Å². The van der Waals surface area contributed by atoms with Crippen molar-refractivity contribution in [1.29, 1.82) is 0 Å². The predicted molar refractivity (Wildman–Crippen MR) is 77.0 cm³/mol. The molecular formula is C14H23N3O2S. The Morgan fingerprint density at radius 2 is 1.75 bits per heavy atom. The molecule has 0 spiro atoms. The van der Waals surface area contributed by atoms with E-state index in [2.05, 4.69) is 9.82 Å². The van der Waals surface area contributed by atoms with Crippen molar-refractivity contribution >= 4 is 10.0 Å². The molecule has 0 aliphatic heterocycles. The fourth-order valence-corrected chi connectivity index (χ4v) is 4.89. The lowest BCUT2D eigenvalue weighted by Crippen LogP contribution is -2.32. The van der Waals surface area contributed by atoms with Gasteiger partial charge in [-0.3, -0.25) is 4.68 Å². The molecule has 1 aromatic rings. The Balaban J connectivity index is 1.81. The van der Waals surface area contributed by atoms with E-state index in [1.165, 1.54) is 12.8 Å². The number of aryl methyl sites for hydroxylation is 1. The lowest BCUT2D eigenvalue weighted by molar-refractivity contribution is 0.464. The summed E-state index contributed by atoms with van der Waals surface area (Å²) in [5.74, 6) is 0. The number of hydrogen-bond acceptors (Lipinski definition) is 3. The maximum atomic E-state index is 12.5. The van der Waals surface area contributed by atoms with Crippen molar-refractivity contribution in [2.45, 2.75) is 75.3 Å². The molecule has 3 rings (SSSR count). The van der Waals surface area contributed by atoms with E-state index in [1.54, 1.807) is 13.1 Å². The maximum Gasteiger partial charge on any atom is 0.244 e. The fourth-order valence-electron chi connectivity index (χ4n) is 3.41. The zero-order valence-electron chi connectivity index (χ0n) is 12.0. The monoisotopic (exact) mass is 297 g/mol. The van der Waals surface area contributed by atoms with Crippen LogP contribution < -0.4 is 4.72 Å². The van der Waals surface area contributed by atoms with Crippen LogP contribution in [0, 0.1) is 6.92 Å². The van der Waals surface area contributed by atoms with E-state index < -0.39 is 10.0 Å². The van der Waals surface area contributed by atoms with Crippen LogP contribution >= 0.6 is 0 Å². The van der Waals surface area contributed by atoms with Crippen LogP contribution in [0.1, 0.15) is 63.1 Å². The molecule has 2 fully saturated rings. The van der Waals surface area contributed by atoms with Crippen LogP contribution in [-0.4, -0.2) is 24.2 Å². The summed E-state index contributed by atoms with van der Waals surface area (Å²) < 4.78 is 29.6. The van der Waals surface area contributed by atoms with Crippen LogP contribution in [0.25, 0.3) is 0 Å². The van der Waals surface area contributed by atoms with Crippen molar-refractivity contribution in [2.24, 2.45) is 0 Å². The molecule has 1 N–H and O–H groups in total. The third kappa shape index (κ3) is 2.76. The molecular weight excluding hydrogens is 274 g/mol. The number of hydrogen-bond donors (Lipinski definition) is 1. The molecule has 1 aromatic heterocycles. The Morgan fingerprint density at radius 3 is 2.40 bits per heavy atom. The van der Waals surface area contributed by atoms with E-state index in [9.17, 15) is 8.42 Å². The molecule has 6 heteroatoms. The highest BCUT2D eigenvalue weighted by atomic mass is 32.2. The zero-order chi connectivity index (χ0) is 14.2. The molecule has 2 aliphatic rings. The summed E-state index contributed by atoms with van der Waals surface area (Å²) in [5, 5.41) is 4.43. The Morgan fingerprint density at radius 1 is 1.15 bits per heavy atom. The standard InChI is InChI=1S/C14H23N3O2S/c1-11-14(10-17(15-11)13-8-4-5-9-13)20(18,19)16-12-6-2-3-7-12/h10,12-13,16H,2-9H2,1H3. The Hall–Kier alpha value is -0.880. The minimum Gasteiger partial charge on any atom is -0.268 e. The van der Waals surface area contributed by atoms with Gasteiger partial charge in [0.1, 0.15) is 4.90 Å². The Bertz CT molecular complexity index is 567. The summed E-state index contributed by atoms with van der Waals surface area (Å²) in [5.41, 5.74) is 0.613. The molecule has 0 saturated heterocycles. The van der Waals surface area contributed by atoms with Gasteiger partial charge in [-0.25, -0.2) is 13.1 Å². The normalized spacial score (nSPS) is 21.9. The van der Waals surface area contributed by atoms with Crippen molar-refractivity contribution in [3.8, 4) is 0 Å². The third-order valence-corrected chi connectivity index (χ3v) is 6.16. The Labute approximate surface area is 120 Å². The molecule has 0 bridgehead atoms. The lowest BCUT2D eigenvalue weighted by Gasteiger charge is -2.11. The van der Waals surface area contributed by atoms with E-state index in [-0.39, 0.29) is 6.04 Å². The van der Waals surface area contributed by atoms with Gasteiger partial charge in [-0.15, -0.1) is 0 Å². The number of aromatic nitrogens is 2. The maximum absolute atomic E-state index is 12.5. The number of nitrogens with one attached hydrogen (secondary N) is 1. The predicted octanol–water partition coefficient (Wildman–Crippen LogP) is 2.53. The second-order valence-corrected chi connectivity index (χ2v) is 7.78. The van der Waals surface area contributed by atoms with Crippen molar-refractivity contribution in [3.63, 3.8) is 0 Å². The van der Waals surface area contributed by atoms with Gasteiger partial charge in [0.25, 0.3) is 0 Å². The van der Waals surface area contributed by atoms with Gasteiger partial charge in [0.05, 0.1) is 11.7 Å². The summed E-state index contributed by atoms with van der Waals surface area (Å²) in [6.45, 7) is 1.79. The van der Waals surface area contributed by atoms with Crippen molar-refractivity contribution in [2.75, 3.05) is 0 Å². The summed E-state index contributed by atoms with van der Waals surface area (Å²) >= 11 is 0. The van der Waals surface area contributed by atoms with Gasteiger partial charge >= 0.3 is 0 Å². The van der Waals surface area contributed by atoms with E-state index in [0.29, 0.717) is 16.6 Å². The summed E-state index contributed by atoms with van der Waals surface area (Å²) in [4.78, 5) is 0.358. The average Bonchev–Trinajstić information content (AvgIpc) is 3.06. The highest BCUT2D eigenvalue weighted by molar-refractivity contribution is 7.89. The van der Waals surface area contributed by atoms with E-state index in [0.717, 1.165) is 38.5 Å². The van der Waals surface area contributed by atoms with Gasteiger partial charge in [-0.1, -0.05) is 25.7 Å². The first kappa shape index (κ1) is 14.1. The van der Waals surface area contributed by atoms with Crippen LogP contribution in [0.4, 0.5) is 0 Å². The molecule has 2 saturated carbocycles. The van der Waals surface area contributed by atoms with Gasteiger partial charge in [-0.2, -0.15) is 5.10 Å². The molecule has 0 aromatic carbocycles. The lowest BCUT2D eigenvalue weighted by atomic mass is 10.3. The summed E-state index contributed by atoms with van der Waals surface area (Å²) in [6, 6.07) is 0.485. The molecule has 5 nitrogen and oxygen atoms in total. The van der Waals surface area contributed by atoms with Crippen LogP contribution in [0.3, 0.4) is 0 Å². The summed E-state index contributed by atoms with van der Waals surface area (Å²) in [6.07, 6.45) is 10.5. The Kier molecular flexibility index (Phi) is 3.86. The van der Waals surface area contributed by atoms with Crippen LogP contribution in [-0.2, 0) is 10.0 Å². The topological polar surface area (TPSA) is 64.0 Å². The molecule has 0 radical (unpaired) electrons. The van der Waals surface area contributed by atoms with Gasteiger partial charge < -0.3 is 0 Å². The minimum atomic E-state index is -3.42. The molecule has 2 aliphatic carbocycles. The first-order chi connectivity index (χ1) is 9.56. The fraction of sp³-hybridized carbons (Fsp3) is 0.786. The number of sulfonamides is 1. The first-order valence-electron chi connectivity index (χ1n) is 7.64. The van der Waals surface area contributed by atoms with Crippen molar-refractivity contribution < 1.29 is 8.42 Å². The average molecular weight is 297 g/mol. The number of rotatable bonds is 4. The zero-order valence-corrected chi connectivity index (χ0v) is 12.8.